The number of imidazole rings is 1. The average molecular weight is 504 g/mol. The maximum atomic E-state index is 12.1. The summed E-state index contributed by atoms with van der Waals surface area (Å²) in [5.41, 5.74) is 5.51. The van der Waals surface area contributed by atoms with Crippen LogP contribution in [0.25, 0.3) is 5.69 Å². The monoisotopic (exact) mass is 503 g/mol. The molecule has 1 atom stereocenters. The zero-order valence-electron chi connectivity index (χ0n) is 20.5. The number of carboxylic acid groups (broad SMARTS) is 1. The maximum absolute atomic E-state index is 12.1. The van der Waals surface area contributed by atoms with Gasteiger partial charge in [0.15, 0.2) is 0 Å². The van der Waals surface area contributed by atoms with Gasteiger partial charge in [-0.1, -0.05) is 55.9 Å². The van der Waals surface area contributed by atoms with Crippen LogP contribution in [-0.2, 0) is 21.7 Å². The Balaban J connectivity index is 1.89. The number of aliphatic hydroxyl groups is 2. The second-order valence-corrected chi connectivity index (χ2v) is 14.4. The van der Waals surface area contributed by atoms with Gasteiger partial charge in [0, 0.05) is 16.7 Å². The molecule has 9 heteroatoms. The molecule has 4 rings (SSSR count). The molecule has 0 fully saturated rings. The summed E-state index contributed by atoms with van der Waals surface area (Å²) in [7, 11) is -1.58. The van der Waals surface area contributed by atoms with E-state index >= 15 is 0 Å². The molecular weight excluding hydrogens is 474 g/mol. The molecule has 1 aromatic heterocycles. The minimum absolute atomic E-state index is 0.0421. The van der Waals surface area contributed by atoms with E-state index in [1.54, 1.807) is 4.57 Å². The third kappa shape index (κ3) is 5.17. The van der Waals surface area contributed by atoms with Crippen LogP contribution in [0.2, 0.25) is 19.6 Å². The van der Waals surface area contributed by atoms with Crippen LogP contribution in [0, 0.1) is 11.5 Å². The lowest BCUT2D eigenvalue weighted by molar-refractivity contribution is -0.168. The number of rotatable bonds is 7. The first kappa shape index (κ1) is 25.5. The third-order valence-corrected chi connectivity index (χ3v) is 6.56. The van der Waals surface area contributed by atoms with E-state index in [9.17, 15) is 15.0 Å². The topological polar surface area (TPSA) is 117 Å². The van der Waals surface area contributed by atoms with E-state index < -0.39 is 26.3 Å². The third-order valence-electron chi connectivity index (χ3n) is 5.69. The van der Waals surface area contributed by atoms with E-state index in [0.717, 1.165) is 28.1 Å². The van der Waals surface area contributed by atoms with Crippen molar-refractivity contribution in [3.05, 3.63) is 82.9 Å². The van der Waals surface area contributed by atoms with Gasteiger partial charge < -0.3 is 24.6 Å². The lowest BCUT2D eigenvalue weighted by atomic mass is 9.98. The molecule has 0 bridgehead atoms. The van der Waals surface area contributed by atoms with Gasteiger partial charge in [0.2, 0.25) is 5.60 Å². The summed E-state index contributed by atoms with van der Waals surface area (Å²) in [4.78, 5) is 21.3. The molecule has 0 spiro atoms. The number of ether oxygens (including phenoxy) is 1. The fourth-order valence-electron chi connectivity index (χ4n) is 3.95. The number of hydrogen-bond donors (Lipinski definition) is 3. The molecule has 1 aliphatic rings. The Morgan fingerprint density at radius 2 is 1.94 bits per heavy atom. The minimum atomic E-state index is -2.40. The van der Waals surface area contributed by atoms with Crippen LogP contribution >= 0.6 is 0 Å². The number of carboxylic acids is 1. The van der Waals surface area contributed by atoms with Gasteiger partial charge in [-0.15, -0.1) is 5.54 Å². The molecule has 0 radical (unpaired) electrons. The Morgan fingerprint density at radius 3 is 2.61 bits per heavy atom. The standard InChI is InChI=1S/C27H29N3O5Si/c1-36(2,3)14-11-19-9-10-22-21(15-19)24(20-7-5-4-6-8-20)28-16-23-25(29-18-30(22)23)27(34,26(32)33)17-35-13-12-31/h4-10,15,18,31,34H,12-13,16-17H2,1-3H3,(H,32,33). The summed E-state index contributed by atoms with van der Waals surface area (Å²) < 4.78 is 6.97. The van der Waals surface area contributed by atoms with Crippen molar-refractivity contribution in [1.82, 2.24) is 9.55 Å². The molecule has 186 valence electrons. The molecule has 0 saturated carbocycles. The molecule has 3 aromatic rings. The van der Waals surface area contributed by atoms with Gasteiger partial charge in [-0.25, -0.2) is 9.78 Å². The Morgan fingerprint density at radius 1 is 1.19 bits per heavy atom. The first-order valence-electron chi connectivity index (χ1n) is 11.6. The van der Waals surface area contributed by atoms with Gasteiger partial charge in [-0.05, 0) is 18.2 Å². The number of carbonyl (C=O) groups is 1. The normalized spacial score (nSPS) is 14.4. The number of nitrogens with zero attached hydrogens (tertiary/aromatic N) is 3. The predicted molar refractivity (Wildman–Crippen MR) is 139 cm³/mol. The van der Waals surface area contributed by atoms with Crippen molar-refractivity contribution in [3.63, 3.8) is 0 Å². The highest BCUT2D eigenvalue weighted by molar-refractivity contribution is 6.83. The van der Waals surface area contributed by atoms with Crippen molar-refractivity contribution in [2.45, 2.75) is 31.8 Å². The molecular formula is C27H29N3O5Si. The highest BCUT2D eigenvalue weighted by Crippen LogP contribution is 2.32. The quantitative estimate of drug-likeness (QED) is 0.259. The van der Waals surface area contributed by atoms with Gasteiger partial charge in [0.05, 0.1) is 49.8 Å². The molecule has 0 saturated heterocycles. The number of aliphatic carboxylic acids is 1. The Hall–Kier alpha value is -3.55. The number of fused-ring (bicyclic) bond motifs is 3. The van der Waals surface area contributed by atoms with Gasteiger partial charge in [0.1, 0.15) is 13.8 Å². The molecule has 1 aliphatic heterocycles. The second kappa shape index (κ2) is 10.2. The molecule has 1 unspecified atom stereocenters. The summed E-state index contributed by atoms with van der Waals surface area (Å²) in [6, 6.07) is 15.6. The van der Waals surface area contributed by atoms with Crippen LogP contribution in [0.5, 0.6) is 0 Å². The molecule has 0 amide bonds. The van der Waals surface area contributed by atoms with Crippen LogP contribution < -0.4 is 0 Å². The fraction of sp³-hybridized carbons (Fsp3) is 0.296. The van der Waals surface area contributed by atoms with E-state index in [1.165, 1.54) is 6.33 Å². The van der Waals surface area contributed by atoms with Crippen molar-refractivity contribution < 1.29 is 24.9 Å². The zero-order valence-corrected chi connectivity index (χ0v) is 21.5. The minimum Gasteiger partial charge on any atom is -0.479 e. The van der Waals surface area contributed by atoms with Gasteiger partial charge >= 0.3 is 5.97 Å². The summed E-state index contributed by atoms with van der Waals surface area (Å²) in [5, 5.41) is 30.0. The number of hydrogen-bond acceptors (Lipinski definition) is 6. The first-order chi connectivity index (χ1) is 17.1. The summed E-state index contributed by atoms with van der Waals surface area (Å²) in [5.74, 6) is 1.81. The summed E-state index contributed by atoms with van der Waals surface area (Å²) in [6.07, 6.45) is 1.50. The first-order valence-corrected chi connectivity index (χ1v) is 15.1. The van der Waals surface area contributed by atoms with Gasteiger partial charge in [-0.2, -0.15) is 0 Å². The van der Waals surface area contributed by atoms with Crippen LogP contribution in [-0.4, -0.2) is 64.4 Å². The smallest absolute Gasteiger partial charge is 0.344 e. The highest BCUT2D eigenvalue weighted by atomic mass is 28.3. The van der Waals surface area contributed by atoms with Crippen LogP contribution in [0.4, 0.5) is 0 Å². The molecule has 36 heavy (non-hydrogen) atoms. The maximum Gasteiger partial charge on any atom is 0.344 e. The van der Waals surface area contributed by atoms with Crippen molar-refractivity contribution in [2.75, 3.05) is 19.8 Å². The lowest BCUT2D eigenvalue weighted by Gasteiger charge is -2.22. The lowest BCUT2D eigenvalue weighted by Crippen LogP contribution is -2.42. The van der Waals surface area contributed by atoms with E-state index in [2.05, 4.69) is 36.1 Å². The average Bonchev–Trinajstić information content (AvgIpc) is 3.20. The van der Waals surface area contributed by atoms with Crippen molar-refractivity contribution in [3.8, 4) is 17.2 Å². The molecule has 2 aromatic carbocycles. The van der Waals surface area contributed by atoms with Crippen LogP contribution in [0.15, 0.2) is 59.9 Å². The molecule has 8 nitrogen and oxygen atoms in total. The fourth-order valence-corrected chi connectivity index (χ4v) is 4.47. The van der Waals surface area contributed by atoms with Crippen molar-refractivity contribution in [2.24, 2.45) is 4.99 Å². The SMILES string of the molecule is C[Si](C)(C)C#Cc1ccc2c(c1)C(c1ccccc1)=NCc1c(C(O)(COCCO)C(=O)O)ncn1-2. The Bertz CT molecular complexity index is 1370. The van der Waals surface area contributed by atoms with Crippen molar-refractivity contribution in [1.29, 1.82) is 0 Å². The Labute approximate surface area is 210 Å². The van der Waals surface area contributed by atoms with E-state index in [1.807, 2.05) is 48.5 Å². The highest BCUT2D eigenvalue weighted by Gasteiger charge is 2.44. The number of aliphatic imine (C=N–C) groups is 1. The Kier molecular flexibility index (Phi) is 7.24. The van der Waals surface area contributed by atoms with Crippen LogP contribution in [0.1, 0.15) is 28.1 Å². The number of aromatic nitrogens is 2. The molecule has 0 aliphatic carbocycles. The van der Waals surface area contributed by atoms with Crippen molar-refractivity contribution >= 4 is 19.8 Å². The van der Waals surface area contributed by atoms with Gasteiger partial charge in [0.25, 0.3) is 0 Å². The second-order valence-electron chi connectivity index (χ2n) is 9.61. The summed E-state index contributed by atoms with van der Waals surface area (Å²) in [6.45, 7) is 5.71. The molecule has 3 N–H and O–H groups in total. The summed E-state index contributed by atoms with van der Waals surface area (Å²) >= 11 is 0. The van der Waals surface area contributed by atoms with E-state index in [-0.39, 0.29) is 25.5 Å². The van der Waals surface area contributed by atoms with Gasteiger partial charge in [-0.3, -0.25) is 4.99 Å². The van der Waals surface area contributed by atoms with Crippen LogP contribution in [0.3, 0.4) is 0 Å². The number of benzene rings is 2. The molecule has 2 heterocycles. The van der Waals surface area contributed by atoms with E-state index in [4.69, 9.17) is 14.8 Å². The number of aliphatic hydroxyl groups excluding tert-OH is 1. The predicted octanol–water partition coefficient (Wildman–Crippen LogP) is 2.73. The largest absolute Gasteiger partial charge is 0.479 e. The van der Waals surface area contributed by atoms with E-state index in [0.29, 0.717) is 5.69 Å². The zero-order chi connectivity index (χ0) is 25.9.